The lowest BCUT2D eigenvalue weighted by atomic mass is 9.92. The third kappa shape index (κ3) is 2.86. The normalized spacial score (nSPS) is 23.8. The Hall–Kier alpha value is -1.01. The number of hydrogen-bond acceptors (Lipinski definition) is 5. The van der Waals surface area contributed by atoms with Crippen molar-refractivity contribution in [1.82, 2.24) is 15.5 Å². The molecule has 1 aromatic rings. The molecule has 1 aliphatic carbocycles. The average Bonchev–Trinajstić information content (AvgIpc) is 2.95. The van der Waals surface area contributed by atoms with Crippen molar-refractivity contribution >= 4 is 22.4 Å². The van der Waals surface area contributed by atoms with Crippen molar-refractivity contribution in [1.29, 1.82) is 0 Å². The highest BCUT2D eigenvalue weighted by atomic mass is 32.1. The molecule has 6 heteroatoms. The van der Waals surface area contributed by atoms with Crippen LogP contribution in [0.5, 0.6) is 0 Å². The first kappa shape index (κ1) is 13.9. The molecule has 1 saturated carbocycles. The number of nitrogens with zero attached hydrogens (tertiary/aromatic N) is 2. The maximum atomic E-state index is 12.3. The van der Waals surface area contributed by atoms with Gasteiger partial charge in [0.05, 0.1) is 0 Å². The molecule has 2 fully saturated rings. The quantitative estimate of drug-likeness (QED) is 0.874. The van der Waals surface area contributed by atoms with Crippen molar-refractivity contribution < 1.29 is 4.79 Å². The van der Waals surface area contributed by atoms with Gasteiger partial charge in [-0.2, -0.15) is 0 Å². The first-order chi connectivity index (χ1) is 9.73. The van der Waals surface area contributed by atoms with Gasteiger partial charge in [0, 0.05) is 12.3 Å². The molecule has 0 aromatic carbocycles. The minimum absolute atomic E-state index is 0.144. The molecule has 1 aliphatic heterocycles. The molecule has 1 aromatic heterocycles. The van der Waals surface area contributed by atoms with E-state index in [4.69, 9.17) is 0 Å². The van der Waals surface area contributed by atoms with E-state index in [2.05, 4.69) is 27.8 Å². The Balaban J connectivity index is 1.53. The number of amides is 1. The second kappa shape index (κ2) is 5.77. The van der Waals surface area contributed by atoms with Crippen LogP contribution in [0.25, 0.3) is 0 Å². The molecule has 2 N–H and O–H groups in total. The van der Waals surface area contributed by atoms with Gasteiger partial charge in [0.25, 0.3) is 0 Å². The van der Waals surface area contributed by atoms with Gasteiger partial charge in [0.1, 0.15) is 5.01 Å². The van der Waals surface area contributed by atoms with E-state index in [9.17, 15) is 4.79 Å². The first-order valence-corrected chi connectivity index (χ1v) is 8.39. The number of rotatable bonds is 5. The largest absolute Gasteiger partial charge is 0.317 e. The zero-order valence-corrected chi connectivity index (χ0v) is 12.8. The molecule has 0 radical (unpaired) electrons. The van der Waals surface area contributed by atoms with Crippen molar-refractivity contribution in [2.45, 2.75) is 45.4 Å². The highest BCUT2D eigenvalue weighted by molar-refractivity contribution is 7.15. The third-order valence-corrected chi connectivity index (χ3v) is 5.45. The summed E-state index contributed by atoms with van der Waals surface area (Å²) in [4.78, 5) is 12.3. The molecule has 1 spiro atoms. The van der Waals surface area contributed by atoms with E-state index < -0.39 is 0 Å². The van der Waals surface area contributed by atoms with Crippen LogP contribution in [0.3, 0.4) is 0 Å². The zero-order valence-electron chi connectivity index (χ0n) is 11.9. The summed E-state index contributed by atoms with van der Waals surface area (Å²) >= 11 is 1.51. The fourth-order valence-corrected chi connectivity index (χ4v) is 3.91. The second-order valence-corrected chi connectivity index (χ2v) is 7.02. The van der Waals surface area contributed by atoms with Gasteiger partial charge in [-0.3, -0.25) is 4.79 Å². The van der Waals surface area contributed by atoms with Gasteiger partial charge in [-0.05, 0) is 44.2 Å². The van der Waals surface area contributed by atoms with Gasteiger partial charge < -0.3 is 10.6 Å². The average molecular weight is 294 g/mol. The predicted octanol–water partition coefficient (Wildman–Crippen LogP) is 2.21. The van der Waals surface area contributed by atoms with Crippen molar-refractivity contribution in [3.05, 3.63) is 5.01 Å². The van der Waals surface area contributed by atoms with E-state index in [-0.39, 0.29) is 17.2 Å². The Kier molecular flexibility index (Phi) is 4.03. The Labute approximate surface area is 123 Å². The van der Waals surface area contributed by atoms with Crippen molar-refractivity contribution in [2.24, 2.45) is 11.3 Å². The van der Waals surface area contributed by atoms with Crippen LogP contribution in [0.4, 0.5) is 5.13 Å². The van der Waals surface area contributed by atoms with E-state index >= 15 is 0 Å². The number of nitrogens with one attached hydrogen (secondary N) is 2. The molecule has 1 unspecified atom stereocenters. The van der Waals surface area contributed by atoms with Gasteiger partial charge >= 0.3 is 0 Å². The molecule has 2 heterocycles. The van der Waals surface area contributed by atoms with Crippen LogP contribution in [0, 0.1) is 11.3 Å². The van der Waals surface area contributed by atoms with Gasteiger partial charge in [0.2, 0.25) is 11.0 Å². The summed E-state index contributed by atoms with van der Waals surface area (Å²) in [6, 6.07) is 0. The summed E-state index contributed by atoms with van der Waals surface area (Å²) in [6.45, 7) is 4.25. The van der Waals surface area contributed by atoms with E-state index in [0.717, 1.165) is 56.6 Å². The molecule has 2 aliphatic rings. The molecule has 0 bridgehead atoms. The van der Waals surface area contributed by atoms with E-state index in [1.165, 1.54) is 11.3 Å². The number of carbonyl (C=O) groups excluding carboxylic acids is 1. The van der Waals surface area contributed by atoms with Crippen LogP contribution in [0.1, 0.15) is 44.0 Å². The number of aromatic nitrogens is 2. The zero-order chi connectivity index (χ0) is 14.0. The second-order valence-electron chi connectivity index (χ2n) is 5.96. The van der Waals surface area contributed by atoms with Gasteiger partial charge in [-0.1, -0.05) is 24.7 Å². The lowest BCUT2D eigenvalue weighted by molar-refractivity contribution is -0.118. The Morgan fingerprint density at radius 1 is 1.45 bits per heavy atom. The number of anilines is 1. The van der Waals surface area contributed by atoms with E-state index in [1.54, 1.807) is 0 Å². The van der Waals surface area contributed by atoms with Crippen LogP contribution in [-0.2, 0) is 11.2 Å². The number of piperidine rings is 1. The maximum Gasteiger partial charge on any atom is 0.229 e. The lowest BCUT2D eigenvalue weighted by Gasteiger charge is -2.22. The lowest BCUT2D eigenvalue weighted by Crippen LogP contribution is -2.31. The molecule has 1 atom stereocenters. The standard InChI is InChI=1S/C14H22N4OS/c1-2-3-4-11-17-18-13(20-11)16-12(19)10-9-14(10)5-7-15-8-6-14/h10,15H,2-9H2,1H3,(H,16,18,19). The van der Waals surface area contributed by atoms with Crippen LogP contribution in [0.15, 0.2) is 0 Å². The summed E-state index contributed by atoms with van der Waals surface area (Å²) in [5, 5.41) is 16.2. The Bertz CT molecular complexity index is 481. The van der Waals surface area contributed by atoms with Crippen molar-refractivity contribution in [3.63, 3.8) is 0 Å². The minimum Gasteiger partial charge on any atom is -0.317 e. The smallest absolute Gasteiger partial charge is 0.229 e. The van der Waals surface area contributed by atoms with E-state index in [0.29, 0.717) is 5.13 Å². The highest BCUT2D eigenvalue weighted by Crippen LogP contribution is 2.58. The third-order valence-electron chi connectivity index (χ3n) is 4.55. The molecule has 110 valence electrons. The number of carbonyl (C=O) groups is 1. The first-order valence-electron chi connectivity index (χ1n) is 7.57. The molecular formula is C14H22N4OS. The number of unbranched alkanes of at least 4 members (excludes halogenated alkanes) is 1. The minimum atomic E-state index is 0.144. The van der Waals surface area contributed by atoms with Gasteiger partial charge in [0.15, 0.2) is 0 Å². The van der Waals surface area contributed by atoms with Crippen LogP contribution in [0.2, 0.25) is 0 Å². The highest BCUT2D eigenvalue weighted by Gasteiger charge is 2.57. The van der Waals surface area contributed by atoms with Crippen LogP contribution >= 0.6 is 11.3 Å². The molecule has 1 amide bonds. The molecular weight excluding hydrogens is 272 g/mol. The fraction of sp³-hybridized carbons (Fsp3) is 0.786. The monoisotopic (exact) mass is 294 g/mol. The summed E-state index contributed by atoms with van der Waals surface area (Å²) in [5.74, 6) is 0.331. The molecule has 5 nitrogen and oxygen atoms in total. The molecule has 1 saturated heterocycles. The SMILES string of the molecule is CCCCc1nnc(NC(=O)C2CC23CCNCC3)s1. The van der Waals surface area contributed by atoms with Crippen LogP contribution in [-0.4, -0.2) is 29.2 Å². The van der Waals surface area contributed by atoms with Gasteiger partial charge in [-0.25, -0.2) is 0 Å². The maximum absolute atomic E-state index is 12.3. The summed E-state index contributed by atoms with van der Waals surface area (Å²) in [7, 11) is 0. The summed E-state index contributed by atoms with van der Waals surface area (Å²) in [5.41, 5.74) is 0.283. The van der Waals surface area contributed by atoms with Crippen molar-refractivity contribution in [3.8, 4) is 0 Å². The number of aryl methyl sites for hydroxylation is 1. The van der Waals surface area contributed by atoms with Crippen LogP contribution < -0.4 is 10.6 Å². The number of hydrogen-bond donors (Lipinski definition) is 2. The van der Waals surface area contributed by atoms with Crippen molar-refractivity contribution in [2.75, 3.05) is 18.4 Å². The van der Waals surface area contributed by atoms with Gasteiger partial charge in [-0.15, -0.1) is 10.2 Å². The Morgan fingerprint density at radius 2 is 2.25 bits per heavy atom. The Morgan fingerprint density at radius 3 is 3.00 bits per heavy atom. The van der Waals surface area contributed by atoms with E-state index in [1.807, 2.05) is 0 Å². The predicted molar refractivity (Wildman–Crippen MR) is 79.8 cm³/mol. The fourth-order valence-electron chi connectivity index (χ4n) is 3.12. The molecule has 20 heavy (non-hydrogen) atoms. The summed E-state index contributed by atoms with van der Waals surface area (Å²) < 4.78 is 0. The summed E-state index contributed by atoms with van der Waals surface area (Å²) in [6.07, 6.45) is 6.54. The topological polar surface area (TPSA) is 66.9 Å². The molecule has 3 rings (SSSR count).